The molecular formula is C9H17NO2S. The summed E-state index contributed by atoms with van der Waals surface area (Å²) in [5, 5.41) is 3.34. The van der Waals surface area contributed by atoms with Crippen LogP contribution in [0, 0.1) is 5.92 Å². The van der Waals surface area contributed by atoms with Gasteiger partial charge >= 0.3 is 0 Å². The van der Waals surface area contributed by atoms with Crippen molar-refractivity contribution in [2.75, 3.05) is 18.1 Å². The van der Waals surface area contributed by atoms with E-state index in [4.69, 9.17) is 0 Å². The summed E-state index contributed by atoms with van der Waals surface area (Å²) in [4.78, 5) is 0. The predicted octanol–water partition coefficient (Wildman–Crippen LogP) is 0.563. The fourth-order valence-electron chi connectivity index (χ4n) is 2.23. The maximum atomic E-state index is 10.9. The standard InChI is InChI=1S/C9H17NO2S/c11-13(12)6-9(7-13)10-5-8-3-1-2-4-8/h8-10H,1-7H2. The van der Waals surface area contributed by atoms with E-state index in [0.29, 0.717) is 11.5 Å². The molecule has 1 heterocycles. The highest BCUT2D eigenvalue weighted by Crippen LogP contribution is 2.24. The first kappa shape index (κ1) is 9.46. The highest BCUT2D eigenvalue weighted by molar-refractivity contribution is 7.92. The van der Waals surface area contributed by atoms with E-state index in [-0.39, 0.29) is 6.04 Å². The Kier molecular flexibility index (Phi) is 2.60. The van der Waals surface area contributed by atoms with Crippen LogP contribution in [0.3, 0.4) is 0 Å². The van der Waals surface area contributed by atoms with Crippen LogP contribution in [-0.2, 0) is 9.84 Å². The van der Waals surface area contributed by atoms with E-state index in [9.17, 15) is 8.42 Å². The van der Waals surface area contributed by atoms with E-state index in [1.54, 1.807) is 0 Å². The Morgan fingerprint density at radius 3 is 2.31 bits per heavy atom. The van der Waals surface area contributed by atoms with Crippen LogP contribution >= 0.6 is 0 Å². The van der Waals surface area contributed by atoms with E-state index >= 15 is 0 Å². The SMILES string of the molecule is O=S1(=O)CC(NCC2CCCC2)C1. The van der Waals surface area contributed by atoms with Crippen molar-refractivity contribution in [2.24, 2.45) is 5.92 Å². The number of sulfone groups is 1. The first-order valence-corrected chi connectivity index (χ1v) is 6.92. The van der Waals surface area contributed by atoms with Gasteiger partial charge in [0, 0.05) is 6.04 Å². The average Bonchev–Trinajstić information content (AvgIpc) is 2.48. The summed E-state index contributed by atoms with van der Waals surface area (Å²) >= 11 is 0. The van der Waals surface area contributed by atoms with Crippen molar-refractivity contribution in [1.82, 2.24) is 5.32 Å². The number of nitrogens with one attached hydrogen (secondary N) is 1. The van der Waals surface area contributed by atoms with Gasteiger partial charge in [-0.05, 0) is 25.3 Å². The second kappa shape index (κ2) is 3.58. The number of hydrogen-bond acceptors (Lipinski definition) is 3. The van der Waals surface area contributed by atoms with Gasteiger partial charge in [-0.15, -0.1) is 0 Å². The van der Waals surface area contributed by atoms with Gasteiger partial charge in [0.1, 0.15) is 0 Å². The molecule has 76 valence electrons. The third-order valence-corrected chi connectivity index (χ3v) is 4.90. The summed E-state index contributed by atoms with van der Waals surface area (Å²) in [5.41, 5.74) is 0. The first-order chi connectivity index (χ1) is 6.16. The van der Waals surface area contributed by atoms with Crippen molar-refractivity contribution in [1.29, 1.82) is 0 Å². The van der Waals surface area contributed by atoms with Gasteiger partial charge in [-0.2, -0.15) is 0 Å². The van der Waals surface area contributed by atoms with Gasteiger partial charge in [-0.1, -0.05) is 12.8 Å². The fraction of sp³-hybridized carbons (Fsp3) is 1.00. The molecular weight excluding hydrogens is 186 g/mol. The molecule has 1 N–H and O–H groups in total. The van der Waals surface area contributed by atoms with Crippen molar-refractivity contribution < 1.29 is 8.42 Å². The molecule has 0 spiro atoms. The normalized spacial score (nSPS) is 28.9. The lowest BCUT2D eigenvalue weighted by Crippen LogP contribution is -2.51. The minimum Gasteiger partial charge on any atom is -0.312 e. The lowest BCUT2D eigenvalue weighted by molar-refractivity contribution is 0.441. The topological polar surface area (TPSA) is 46.2 Å². The lowest BCUT2D eigenvalue weighted by Gasteiger charge is -2.27. The van der Waals surface area contributed by atoms with Crippen molar-refractivity contribution in [2.45, 2.75) is 31.7 Å². The molecule has 0 radical (unpaired) electrons. The fourth-order valence-corrected chi connectivity index (χ4v) is 3.59. The number of hydrogen-bond donors (Lipinski definition) is 1. The predicted molar refractivity (Wildman–Crippen MR) is 52.4 cm³/mol. The Labute approximate surface area is 79.8 Å². The third kappa shape index (κ3) is 2.44. The molecule has 0 aromatic rings. The van der Waals surface area contributed by atoms with E-state index in [1.165, 1.54) is 25.7 Å². The molecule has 1 aliphatic carbocycles. The van der Waals surface area contributed by atoms with Gasteiger partial charge in [0.05, 0.1) is 11.5 Å². The van der Waals surface area contributed by atoms with Crippen LogP contribution in [-0.4, -0.2) is 32.5 Å². The van der Waals surface area contributed by atoms with Crippen molar-refractivity contribution in [3.05, 3.63) is 0 Å². The minimum absolute atomic E-state index is 0.255. The Bertz CT molecular complexity index is 255. The summed E-state index contributed by atoms with van der Waals surface area (Å²) in [6.07, 6.45) is 5.36. The van der Waals surface area contributed by atoms with E-state index in [0.717, 1.165) is 12.5 Å². The largest absolute Gasteiger partial charge is 0.312 e. The molecule has 0 amide bonds. The lowest BCUT2D eigenvalue weighted by atomic mass is 10.1. The summed E-state index contributed by atoms with van der Waals surface area (Å²) in [6.45, 7) is 1.03. The second-order valence-electron chi connectivity index (χ2n) is 4.33. The van der Waals surface area contributed by atoms with Gasteiger partial charge in [0.15, 0.2) is 9.84 Å². The number of rotatable bonds is 3. The highest BCUT2D eigenvalue weighted by Gasteiger charge is 2.33. The molecule has 0 unspecified atom stereocenters. The Morgan fingerprint density at radius 1 is 1.15 bits per heavy atom. The van der Waals surface area contributed by atoms with Crippen LogP contribution in [0.15, 0.2) is 0 Å². The molecule has 3 nitrogen and oxygen atoms in total. The summed E-state index contributed by atoms with van der Waals surface area (Å²) in [5.74, 6) is 1.53. The van der Waals surface area contributed by atoms with Crippen LogP contribution in [0.2, 0.25) is 0 Å². The van der Waals surface area contributed by atoms with Crippen LogP contribution in [0.1, 0.15) is 25.7 Å². The second-order valence-corrected chi connectivity index (χ2v) is 6.49. The van der Waals surface area contributed by atoms with Crippen LogP contribution in [0.5, 0.6) is 0 Å². The molecule has 2 fully saturated rings. The molecule has 0 aromatic heterocycles. The van der Waals surface area contributed by atoms with E-state index in [1.807, 2.05) is 0 Å². The Balaban J connectivity index is 1.64. The molecule has 0 atom stereocenters. The highest BCUT2D eigenvalue weighted by atomic mass is 32.2. The average molecular weight is 203 g/mol. The van der Waals surface area contributed by atoms with Crippen molar-refractivity contribution >= 4 is 9.84 Å². The van der Waals surface area contributed by atoms with Crippen LogP contribution in [0.25, 0.3) is 0 Å². The van der Waals surface area contributed by atoms with Gasteiger partial charge in [-0.3, -0.25) is 0 Å². The quantitative estimate of drug-likeness (QED) is 0.729. The zero-order chi connectivity index (χ0) is 9.31. The Hall–Kier alpha value is -0.0900. The monoisotopic (exact) mass is 203 g/mol. The molecule has 1 saturated heterocycles. The van der Waals surface area contributed by atoms with E-state index in [2.05, 4.69) is 5.32 Å². The molecule has 1 saturated carbocycles. The van der Waals surface area contributed by atoms with Gasteiger partial charge in [0.2, 0.25) is 0 Å². The summed E-state index contributed by atoms with van der Waals surface area (Å²) in [6, 6.07) is 0.255. The molecule has 2 aliphatic rings. The van der Waals surface area contributed by atoms with Crippen molar-refractivity contribution in [3.8, 4) is 0 Å². The molecule has 13 heavy (non-hydrogen) atoms. The molecule has 2 rings (SSSR count). The summed E-state index contributed by atoms with van der Waals surface area (Å²) < 4.78 is 21.7. The molecule has 0 bridgehead atoms. The van der Waals surface area contributed by atoms with Crippen LogP contribution < -0.4 is 5.32 Å². The van der Waals surface area contributed by atoms with E-state index < -0.39 is 9.84 Å². The van der Waals surface area contributed by atoms with Gasteiger partial charge in [0.25, 0.3) is 0 Å². The molecule has 1 aliphatic heterocycles. The van der Waals surface area contributed by atoms with Gasteiger partial charge < -0.3 is 5.32 Å². The molecule has 0 aromatic carbocycles. The van der Waals surface area contributed by atoms with Crippen LogP contribution in [0.4, 0.5) is 0 Å². The zero-order valence-electron chi connectivity index (χ0n) is 7.83. The maximum absolute atomic E-state index is 10.9. The zero-order valence-corrected chi connectivity index (χ0v) is 8.65. The van der Waals surface area contributed by atoms with Gasteiger partial charge in [-0.25, -0.2) is 8.42 Å². The third-order valence-electron chi connectivity index (χ3n) is 3.08. The Morgan fingerprint density at radius 2 is 1.77 bits per heavy atom. The smallest absolute Gasteiger partial charge is 0.153 e. The van der Waals surface area contributed by atoms with Crippen molar-refractivity contribution in [3.63, 3.8) is 0 Å². The maximum Gasteiger partial charge on any atom is 0.153 e. The molecule has 4 heteroatoms. The first-order valence-electron chi connectivity index (χ1n) is 5.09. The minimum atomic E-state index is -2.64. The summed E-state index contributed by atoms with van der Waals surface area (Å²) in [7, 11) is -2.64.